The molecule has 1 aliphatic heterocycles. The molecule has 0 aliphatic carbocycles. The Morgan fingerprint density at radius 2 is 1.63 bits per heavy atom. The monoisotopic (exact) mass is 381 g/mol. The normalized spacial score (nSPS) is 20.7. The fourth-order valence-corrected chi connectivity index (χ4v) is 4.45. The lowest BCUT2D eigenvalue weighted by Crippen LogP contribution is -2.54. The van der Waals surface area contributed by atoms with Crippen molar-refractivity contribution in [2.24, 2.45) is 0 Å². The molecule has 4 rings (SSSR count). The molecule has 0 spiro atoms. The zero-order valence-electron chi connectivity index (χ0n) is 15.7. The molecule has 2 heterocycles. The van der Waals surface area contributed by atoms with Gasteiger partial charge >= 0.3 is 0 Å². The summed E-state index contributed by atoms with van der Waals surface area (Å²) in [5, 5.41) is 3.38. The van der Waals surface area contributed by atoms with Crippen molar-refractivity contribution in [3.63, 3.8) is 0 Å². The van der Waals surface area contributed by atoms with E-state index in [1.807, 2.05) is 59.2 Å². The van der Waals surface area contributed by atoms with E-state index >= 15 is 0 Å². The molecule has 27 heavy (non-hydrogen) atoms. The quantitative estimate of drug-likeness (QED) is 0.677. The number of halogens is 1. The molecule has 2 aromatic carbocycles. The van der Waals surface area contributed by atoms with Gasteiger partial charge in [0.1, 0.15) is 5.15 Å². The van der Waals surface area contributed by atoms with Crippen LogP contribution in [-0.4, -0.2) is 27.6 Å². The molecule has 0 bridgehead atoms. The molecule has 0 saturated carbocycles. The maximum Gasteiger partial charge on any atom is 0.269 e. The Morgan fingerprint density at radius 1 is 1.00 bits per heavy atom. The van der Waals surface area contributed by atoms with Crippen LogP contribution in [0, 0.1) is 0 Å². The molecular weight excluding hydrogens is 358 g/mol. The number of benzene rings is 2. The number of carbonyl (C=O) groups is 1. The zero-order valence-corrected chi connectivity index (χ0v) is 16.4. The molecule has 1 saturated heterocycles. The first-order valence-electron chi connectivity index (χ1n) is 9.51. The van der Waals surface area contributed by atoms with Gasteiger partial charge in [-0.05, 0) is 44.9 Å². The number of fused-ring (bicyclic) bond motifs is 1. The summed E-state index contributed by atoms with van der Waals surface area (Å²) >= 11 is 6.76. The lowest BCUT2D eigenvalue weighted by molar-refractivity contribution is 0.0371. The minimum Gasteiger partial charge on any atom is -0.299 e. The second kappa shape index (κ2) is 7.37. The van der Waals surface area contributed by atoms with Gasteiger partial charge in [0.2, 0.25) is 0 Å². The first kappa shape index (κ1) is 18.1. The van der Waals surface area contributed by atoms with Crippen molar-refractivity contribution in [1.29, 1.82) is 0 Å². The Morgan fingerprint density at radius 3 is 2.33 bits per heavy atom. The van der Waals surface area contributed by atoms with Crippen molar-refractivity contribution in [2.75, 3.05) is 0 Å². The van der Waals surface area contributed by atoms with Crippen LogP contribution >= 0.6 is 11.6 Å². The Kier molecular flexibility index (Phi) is 4.94. The molecule has 0 unspecified atom stereocenters. The number of amides is 1. The second-order valence-corrected chi connectivity index (χ2v) is 7.69. The number of aromatic nitrogens is 1. The molecule has 1 aromatic heterocycles. The average Bonchev–Trinajstić information content (AvgIpc) is 2.97. The molecular formula is C22H24ClN3O. The Bertz CT molecular complexity index is 956. The summed E-state index contributed by atoms with van der Waals surface area (Å²) in [4.78, 5) is 13.2. The van der Waals surface area contributed by atoms with Gasteiger partial charge in [0.25, 0.3) is 5.91 Å². The molecule has 140 valence electrons. The van der Waals surface area contributed by atoms with Crippen LogP contribution in [0.4, 0.5) is 0 Å². The Hall–Kier alpha value is -2.30. The van der Waals surface area contributed by atoms with Crippen molar-refractivity contribution >= 4 is 28.4 Å². The summed E-state index contributed by atoms with van der Waals surface area (Å²) < 4.78 is 1.94. The third-order valence-electron chi connectivity index (χ3n) is 5.48. The van der Waals surface area contributed by atoms with E-state index in [4.69, 9.17) is 11.6 Å². The molecule has 3 aromatic rings. The van der Waals surface area contributed by atoms with E-state index in [0.29, 0.717) is 22.8 Å². The summed E-state index contributed by atoms with van der Waals surface area (Å²) in [6.07, 6.45) is 3.37. The van der Waals surface area contributed by atoms with Crippen LogP contribution in [0.3, 0.4) is 0 Å². The number of nitrogens with one attached hydrogen (secondary N) is 1. The molecule has 4 nitrogen and oxygen atoms in total. The Labute approximate surface area is 164 Å². The van der Waals surface area contributed by atoms with Gasteiger partial charge in [0.05, 0.1) is 11.1 Å². The predicted molar refractivity (Wildman–Crippen MR) is 110 cm³/mol. The summed E-state index contributed by atoms with van der Waals surface area (Å²) in [6, 6.07) is 18.4. The smallest absolute Gasteiger partial charge is 0.269 e. The van der Waals surface area contributed by atoms with Crippen LogP contribution < -0.4 is 5.43 Å². The van der Waals surface area contributed by atoms with E-state index in [9.17, 15) is 4.79 Å². The van der Waals surface area contributed by atoms with Crippen molar-refractivity contribution in [1.82, 2.24) is 15.0 Å². The van der Waals surface area contributed by atoms with Crippen LogP contribution in [0.15, 0.2) is 54.6 Å². The number of hydrazine groups is 1. The van der Waals surface area contributed by atoms with Gasteiger partial charge in [0.15, 0.2) is 0 Å². The summed E-state index contributed by atoms with van der Waals surface area (Å²) in [5.41, 5.74) is 5.53. The van der Waals surface area contributed by atoms with Crippen molar-refractivity contribution in [3.05, 3.63) is 65.3 Å². The van der Waals surface area contributed by atoms with Crippen LogP contribution in [0.1, 0.15) is 43.5 Å². The highest BCUT2D eigenvalue weighted by atomic mass is 35.5. The topological polar surface area (TPSA) is 37.3 Å². The number of nitrogens with zero attached hydrogens (tertiary/aromatic N) is 2. The molecule has 1 amide bonds. The van der Waals surface area contributed by atoms with Crippen molar-refractivity contribution in [2.45, 2.75) is 45.2 Å². The minimum absolute atomic E-state index is 0.147. The highest BCUT2D eigenvalue weighted by Crippen LogP contribution is 2.33. The van der Waals surface area contributed by atoms with Crippen LogP contribution in [0.5, 0.6) is 0 Å². The van der Waals surface area contributed by atoms with E-state index in [-0.39, 0.29) is 5.91 Å². The largest absolute Gasteiger partial charge is 0.299 e. The van der Waals surface area contributed by atoms with Crippen LogP contribution in [0.2, 0.25) is 5.15 Å². The number of piperidine rings is 1. The zero-order chi connectivity index (χ0) is 19.0. The summed E-state index contributed by atoms with van der Waals surface area (Å²) in [6.45, 7) is 4.32. The maximum atomic E-state index is 13.2. The third kappa shape index (κ3) is 3.24. The van der Waals surface area contributed by atoms with E-state index in [0.717, 1.165) is 29.4 Å². The predicted octanol–water partition coefficient (Wildman–Crippen LogP) is 5.19. The van der Waals surface area contributed by atoms with Gasteiger partial charge in [-0.3, -0.25) is 14.8 Å². The van der Waals surface area contributed by atoms with E-state index in [2.05, 4.69) is 24.3 Å². The summed E-state index contributed by atoms with van der Waals surface area (Å²) in [5.74, 6) is -0.147. The van der Waals surface area contributed by atoms with Crippen molar-refractivity contribution < 1.29 is 4.79 Å². The molecule has 2 atom stereocenters. The standard InChI is InChI=1S/C22H24ClN3O/c1-15-9-8-10-16(2)26(15)24-22(27)20-18-13-6-7-14-19(18)25(21(20)23)17-11-4-3-5-12-17/h3-7,11-16H,8-10H2,1-2H3,(H,24,27)/t15-,16-/m1/s1. The van der Waals surface area contributed by atoms with Gasteiger partial charge < -0.3 is 0 Å². The highest BCUT2D eigenvalue weighted by Gasteiger charge is 2.29. The number of hydrogen-bond acceptors (Lipinski definition) is 2. The average molecular weight is 382 g/mol. The lowest BCUT2D eigenvalue weighted by atomic mass is 10.00. The molecule has 5 heteroatoms. The van der Waals surface area contributed by atoms with E-state index in [1.54, 1.807) is 0 Å². The minimum atomic E-state index is -0.147. The molecule has 0 radical (unpaired) electrons. The summed E-state index contributed by atoms with van der Waals surface area (Å²) in [7, 11) is 0. The number of hydrogen-bond donors (Lipinski definition) is 1. The molecule has 1 fully saturated rings. The lowest BCUT2D eigenvalue weighted by Gasteiger charge is -2.38. The van der Waals surface area contributed by atoms with Gasteiger partial charge in [-0.1, -0.05) is 54.4 Å². The fourth-order valence-electron chi connectivity index (χ4n) is 4.07. The number of para-hydroxylation sites is 2. The van der Waals surface area contributed by atoms with Gasteiger partial charge in [-0.15, -0.1) is 0 Å². The van der Waals surface area contributed by atoms with Gasteiger partial charge in [0, 0.05) is 23.2 Å². The fraction of sp³-hybridized carbons (Fsp3) is 0.318. The van der Waals surface area contributed by atoms with Crippen LogP contribution in [-0.2, 0) is 0 Å². The molecule has 1 N–H and O–H groups in total. The SMILES string of the molecule is C[C@@H]1CCC[C@@H](C)N1NC(=O)c1c(Cl)n(-c2ccccc2)c2ccccc12. The first-order chi connectivity index (χ1) is 13.1. The van der Waals surface area contributed by atoms with E-state index < -0.39 is 0 Å². The number of rotatable bonds is 3. The number of carbonyl (C=O) groups excluding carboxylic acids is 1. The van der Waals surface area contributed by atoms with Gasteiger partial charge in [-0.2, -0.15) is 0 Å². The second-order valence-electron chi connectivity index (χ2n) is 7.33. The molecule has 1 aliphatic rings. The third-order valence-corrected chi connectivity index (χ3v) is 5.84. The maximum absolute atomic E-state index is 13.2. The highest BCUT2D eigenvalue weighted by molar-refractivity contribution is 6.36. The first-order valence-corrected chi connectivity index (χ1v) is 9.89. The van der Waals surface area contributed by atoms with Gasteiger partial charge in [-0.25, -0.2) is 5.01 Å². The van der Waals surface area contributed by atoms with E-state index in [1.165, 1.54) is 6.42 Å². The van der Waals surface area contributed by atoms with Crippen LogP contribution in [0.25, 0.3) is 16.6 Å². The Balaban J connectivity index is 1.78. The van der Waals surface area contributed by atoms with Crippen molar-refractivity contribution in [3.8, 4) is 5.69 Å².